The molecule has 2 rings (SSSR count). The first kappa shape index (κ1) is 15.3. The Balaban J connectivity index is 2.21. The van der Waals surface area contributed by atoms with Gasteiger partial charge in [-0.3, -0.25) is 9.59 Å². The summed E-state index contributed by atoms with van der Waals surface area (Å²) >= 11 is 5.87. The van der Waals surface area contributed by atoms with Gasteiger partial charge in [-0.15, -0.1) is 0 Å². The first-order chi connectivity index (χ1) is 9.95. The summed E-state index contributed by atoms with van der Waals surface area (Å²) in [5.41, 5.74) is 0.550. The van der Waals surface area contributed by atoms with Crippen LogP contribution in [0.25, 0.3) is 0 Å². The van der Waals surface area contributed by atoms with Crippen molar-refractivity contribution < 1.29 is 4.79 Å². The highest BCUT2D eigenvalue weighted by Crippen LogP contribution is 2.15. The highest BCUT2D eigenvalue weighted by molar-refractivity contribution is 6.30. The third-order valence-electron chi connectivity index (χ3n) is 2.72. The van der Waals surface area contributed by atoms with Gasteiger partial charge in [0.2, 0.25) is 0 Å². The minimum Gasteiger partial charge on any atom is -0.321 e. The molecule has 0 atom stereocenters. The third-order valence-corrected chi connectivity index (χ3v) is 2.95. The summed E-state index contributed by atoms with van der Waals surface area (Å²) in [5, 5.41) is 7.32. The molecule has 0 saturated heterocycles. The molecular weight excluding hydrogens is 290 g/mol. The molecule has 0 aliphatic rings. The van der Waals surface area contributed by atoms with E-state index in [0.29, 0.717) is 17.3 Å². The zero-order valence-corrected chi connectivity index (χ0v) is 12.6. The molecule has 1 amide bonds. The third kappa shape index (κ3) is 4.16. The van der Waals surface area contributed by atoms with Gasteiger partial charge in [-0.2, -0.15) is 5.10 Å². The average Bonchev–Trinajstić information content (AvgIpc) is 2.40. The molecule has 6 heteroatoms. The van der Waals surface area contributed by atoms with Gasteiger partial charge in [-0.25, -0.2) is 4.68 Å². The standard InChI is InChI=1S/C15H16ClN3O2/c1-10(2)9-19-14(20)7-6-13(18-19)15(21)17-12-5-3-4-11(16)8-12/h3-8,10H,9H2,1-2H3,(H,17,21). The molecule has 110 valence electrons. The molecule has 0 aliphatic carbocycles. The van der Waals surface area contributed by atoms with Gasteiger partial charge in [-0.1, -0.05) is 31.5 Å². The quantitative estimate of drug-likeness (QED) is 0.944. The Labute approximate surface area is 127 Å². The van der Waals surface area contributed by atoms with E-state index in [9.17, 15) is 9.59 Å². The van der Waals surface area contributed by atoms with Crippen molar-refractivity contribution in [2.24, 2.45) is 5.92 Å². The topological polar surface area (TPSA) is 64.0 Å². The summed E-state index contributed by atoms with van der Waals surface area (Å²) in [6.07, 6.45) is 0. The normalized spacial score (nSPS) is 10.7. The van der Waals surface area contributed by atoms with E-state index in [1.165, 1.54) is 16.8 Å². The molecule has 5 nitrogen and oxygen atoms in total. The maximum atomic E-state index is 12.1. The molecule has 0 saturated carbocycles. The number of rotatable bonds is 4. The van der Waals surface area contributed by atoms with Crippen molar-refractivity contribution in [3.63, 3.8) is 0 Å². The number of hydrogen-bond acceptors (Lipinski definition) is 3. The van der Waals surface area contributed by atoms with E-state index < -0.39 is 0 Å². The average molecular weight is 306 g/mol. The molecule has 0 bridgehead atoms. The van der Waals surface area contributed by atoms with E-state index in [1.54, 1.807) is 24.3 Å². The SMILES string of the molecule is CC(C)Cn1nc(C(=O)Nc2cccc(Cl)c2)ccc1=O. The van der Waals surface area contributed by atoms with Crippen molar-refractivity contribution in [3.8, 4) is 0 Å². The number of aromatic nitrogens is 2. The molecule has 0 spiro atoms. The summed E-state index contributed by atoms with van der Waals surface area (Å²) in [6.45, 7) is 4.43. The highest BCUT2D eigenvalue weighted by atomic mass is 35.5. The Morgan fingerprint density at radius 2 is 2.10 bits per heavy atom. The summed E-state index contributed by atoms with van der Waals surface area (Å²) < 4.78 is 1.30. The van der Waals surface area contributed by atoms with Gasteiger partial charge in [0, 0.05) is 23.3 Å². The van der Waals surface area contributed by atoms with Crippen LogP contribution in [0, 0.1) is 5.92 Å². The molecule has 0 aliphatic heterocycles. The second-order valence-corrected chi connectivity index (χ2v) is 5.53. The van der Waals surface area contributed by atoms with Crippen molar-refractivity contribution in [2.45, 2.75) is 20.4 Å². The minimum atomic E-state index is -0.380. The number of carbonyl (C=O) groups is 1. The van der Waals surface area contributed by atoms with Crippen LogP contribution >= 0.6 is 11.6 Å². The summed E-state index contributed by atoms with van der Waals surface area (Å²) in [4.78, 5) is 23.8. The Hall–Kier alpha value is -2.14. The molecular formula is C15H16ClN3O2. The number of hydrogen-bond donors (Lipinski definition) is 1. The van der Waals surface area contributed by atoms with Crippen LogP contribution in [0.2, 0.25) is 5.02 Å². The van der Waals surface area contributed by atoms with Gasteiger partial charge >= 0.3 is 0 Å². The number of carbonyl (C=O) groups excluding carboxylic acids is 1. The predicted molar refractivity (Wildman–Crippen MR) is 82.7 cm³/mol. The van der Waals surface area contributed by atoms with Crippen molar-refractivity contribution in [3.05, 3.63) is 57.5 Å². The minimum absolute atomic E-state index is 0.190. The van der Waals surface area contributed by atoms with E-state index in [4.69, 9.17) is 11.6 Å². The van der Waals surface area contributed by atoms with E-state index in [0.717, 1.165) is 0 Å². The lowest BCUT2D eigenvalue weighted by Gasteiger charge is -2.09. The van der Waals surface area contributed by atoms with Gasteiger partial charge in [0.15, 0.2) is 0 Å². The second kappa shape index (κ2) is 6.54. The van der Waals surface area contributed by atoms with Crippen molar-refractivity contribution >= 4 is 23.2 Å². The summed E-state index contributed by atoms with van der Waals surface area (Å²) in [6, 6.07) is 9.60. The molecule has 0 fully saturated rings. The lowest BCUT2D eigenvalue weighted by atomic mass is 10.2. The molecule has 1 aromatic heterocycles. The van der Waals surface area contributed by atoms with Gasteiger partial charge in [0.25, 0.3) is 11.5 Å². The van der Waals surface area contributed by atoms with Gasteiger partial charge in [0.1, 0.15) is 5.69 Å². The van der Waals surface area contributed by atoms with Crippen LogP contribution in [0.3, 0.4) is 0 Å². The monoisotopic (exact) mass is 305 g/mol. The van der Waals surface area contributed by atoms with Crippen LogP contribution < -0.4 is 10.9 Å². The molecule has 0 radical (unpaired) electrons. The molecule has 21 heavy (non-hydrogen) atoms. The first-order valence-electron chi connectivity index (χ1n) is 6.61. The summed E-state index contributed by atoms with van der Waals surface area (Å²) in [7, 11) is 0. The fourth-order valence-electron chi connectivity index (χ4n) is 1.81. The van der Waals surface area contributed by atoms with Gasteiger partial charge in [-0.05, 0) is 30.2 Å². The maximum absolute atomic E-state index is 12.1. The lowest BCUT2D eigenvalue weighted by molar-refractivity contribution is 0.101. The maximum Gasteiger partial charge on any atom is 0.276 e. The van der Waals surface area contributed by atoms with Crippen LogP contribution in [0.1, 0.15) is 24.3 Å². The number of benzene rings is 1. The Kier molecular flexibility index (Phi) is 4.75. The van der Waals surface area contributed by atoms with E-state index in [2.05, 4.69) is 10.4 Å². The largest absolute Gasteiger partial charge is 0.321 e. The van der Waals surface area contributed by atoms with E-state index in [1.807, 2.05) is 13.8 Å². The highest BCUT2D eigenvalue weighted by Gasteiger charge is 2.11. The Morgan fingerprint density at radius 1 is 1.33 bits per heavy atom. The smallest absolute Gasteiger partial charge is 0.276 e. The number of amides is 1. The fourth-order valence-corrected chi connectivity index (χ4v) is 2.00. The molecule has 1 N–H and O–H groups in total. The lowest BCUT2D eigenvalue weighted by Crippen LogP contribution is -2.27. The van der Waals surface area contributed by atoms with Crippen molar-refractivity contribution in [1.82, 2.24) is 9.78 Å². The molecule has 1 aromatic carbocycles. The first-order valence-corrected chi connectivity index (χ1v) is 6.98. The fraction of sp³-hybridized carbons (Fsp3) is 0.267. The zero-order chi connectivity index (χ0) is 15.4. The van der Waals surface area contributed by atoms with Crippen LogP contribution in [-0.2, 0) is 6.54 Å². The number of halogens is 1. The zero-order valence-electron chi connectivity index (χ0n) is 11.8. The van der Waals surface area contributed by atoms with Crippen LogP contribution in [-0.4, -0.2) is 15.7 Å². The van der Waals surface area contributed by atoms with Gasteiger partial charge in [0.05, 0.1) is 0 Å². The van der Waals surface area contributed by atoms with Gasteiger partial charge < -0.3 is 5.32 Å². The molecule has 0 unspecified atom stereocenters. The molecule has 1 heterocycles. The van der Waals surface area contributed by atoms with Crippen LogP contribution in [0.15, 0.2) is 41.2 Å². The summed E-state index contributed by atoms with van der Waals surface area (Å²) in [5.74, 6) is -0.115. The van der Waals surface area contributed by atoms with Crippen LogP contribution in [0.5, 0.6) is 0 Å². The number of nitrogens with one attached hydrogen (secondary N) is 1. The van der Waals surface area contributed by atoms with E-state index in [-0.39, 0.29) is 23.1 Å². The second-order valence-electron chi connectivity index (χ2n) is 5.10. The Morgan fingerprint density at radius 3 is 2.76 bits per heavy atom. The van der Waals surface area contributed by atoms with Crippen LogP contribution in [0.4, 0.5) is 5.69 Å². The van der Waals surface area contributed by atoms with Crippen molar-refractivity contribution in [1.29, 1.82) is 0 Å². The Bertz CT molecular complexity index is 710. The number of anilines is 1. The number of nitrogens with zero attached hydrogens (tertiary/aromatic N) is 2. The molecule has 2 aromatic rings. The van der Waals surface area contributed by atoms with Crippen molar-refractivity contribution in [2.75, 3.05) is 5.32 Å². The van der Waals surface area contributed by atoms with E-state index >= 15 is 0 Å². The predicted octanol–water partition coefficient (Wildman–Crippen LogP) is 2.81.